The van der Waals surface area contributed by atoms with E-state index in [2.05, 4.69) is 45.0 Å². The van der Waals surface area contributed by atoms with Crippen molar-refractivity contribution in [1.29, 1.82) is 0 Å². The molecule has 4 heterocycles. The molecule has 0 aliphatic carbocycles. The molecular weight excluding hydrogens is 394 g/mol. The summed E-state index contributed by atoms with van der Waals surface area (Å²) in [7, 11) is 0. The lowest BCUT2D eigenvalue weighted by Crippen LogP contribution is -2.35. The molecule has 2 fully saturated rings. The average molecular weight is 428 g/mol. The van der Waals surface area contributed by atoms with Gasteiger partial charge in [0.25, 0.3) is 0 Å². The predicted molar refractivity (Wildman–Crippen MR) is 121 cm³/mol. The molecule has 5 nitrogen and oxygen atoms in total. The minimum Gasteiger partial charge on any atom is -0.492 e. The fourth-order valence-electron chi connectivity index (χ4n) is 4.73. The molecule has 0 saturated carbocycles. The van der Waals surface area contributed by atoms with E-state index in [0.29, 0.717) is 0 Å². The van der Waals surface area contributed by atoms with Crippen molar-refractivity contribution in [3.63, 3.8) is 0 Å². The highest BCUT2D eigenvalue weighted by Gasteiger charge is 2.19. The molecule has 0 unspecified atom stereocenters. The summed E-state index contributed by atoms with van der Waals surface area (Å²) in [4.78, 5) is 10.6. The third-order valence-corrected chi connectivity index (χ3v) is 7.42. The maximum absolute atomic E-state index is 6.08. The smallest absolute Gasteiger partial charge is 0.123 e. The third kappa shape index (κ3) is 5.24. The van der Waals surface area contributed by atoms with Gasteiger partial charge >= 0.3 is 0 Å². The second-order valence-electron chi connectivity index (χ2n) is 8.74. The van der Waals surface area contributed by atoms with Crippen LogP contribution in [0, 0.1) is 0 Å². The Labute approximate surface area is 184 Å². The van der Waals surface area contributed by atoms with Gasteiger partial charge in [-0.05, 0) is 55.8 Å². The summed E-state index contributed by atoms with van der Waals surface area (Å²) < 4.78 is 11.6. The van der Waals surface area contributed by atoms with Gasteiger partial charge in [0.05, 0.1) is 13.2 Å². The molecule has 0 bridgehead atoms. The Balaban J connectivity index is 1.21. The number of hydrogen-bond acceptors (Lipinski definition) is 6. The molecule has 5 rings (SSSR count). The molecule has 0 atom stereocenters. The van der Waals surface area contributed by atoms with Crippen LogP contribution in [0.4, 0.5) is 0 Å². The maximum Gasteiger partial charge on any atom is 0.123 e. The van der Waals surface area contributed by atoms with Crippen molar-refractivity contribution in [3.05, 3.63) is 51.2 Å². The van der Waals surface area contributed by atoms with Gasteiger partial charge in [-0.25, -0.2) is 0 Å². The van der Waals surface area contributed by atoms with Crippen LogP contribution in [0.25, 0.3) is 0 Å². The second-order valence-corrected chi connectivity index (χ2v) is 9.99. The van der Waals surface area contributed by atoms with Crippen molar-refractivity contribution < 1.29 is 9.47 Å². The molecule has 0 N–H and O–H groups in total. The van der Waals surface area contributed by atoms with Gasteiger partial charge in [0.1, 0.15) is 12.4 Å². The Morgan fingerprint density at radius 1 is 0.733 bits per heavy atom. The summed E-state index contributed by atoms with van der Waals surface area (Å²) in [5.74, 6) is 1.06. The molecule has 162 valence electrons. The van der Waals surface area contributed by atoms with Crippen LogP contribution < -0.4 is 4.74 Å². The van der Waals surface area contributed by atoms with Gasteiger partial charge in [-0.3, -0.25) is 14.7 Å². The van der Waals surface area contributed by atoms with E-state index in [0.717, 1.165) is 71.4 Å². The van der Waals surface area contributed by atoms with Crippen molar-refractivity contribution >= 4 is 11.3 Å². The highest BCUT2D eigenvalue weighted by Crippen LogP contribution is 2.28. The lowest BCUT2D eigenvalue weighted by Gasteiger charge is -2.27. The zero-order valence-electron chi connectivity index (χ0n) is 17.9. The number of morpholine rings is 1. The number of likely N-dealkylation sites (tertiary alicyclic amines) is 1. The molecule has 1 aromatic carbocycles. The molecule has 2 saturated heterocycles. The van der Waals surface area contributed by atoms with E-state index in [9.17, 15) is 0 Å². The second kappa shape index (κ2) is 9.79. The van der Waals surface area contributed by atoms with Crippen molar-refractivity contribution in [2.24, 2.45) is 0 Å². The van der Waals surface area contributed by atoms with Gasteiger partial charge in [-0.1, -0.05) is 6.07 Å². The van der Waals surface area contributed by atoms with Crippen LogP contribution in [0.2, 0.25) is 0 Å². The average Bonchev–Trinajstić information content (AvgIpc) is 3.38. The highest BCUT2D eigenvalue weighted by molar-refractivity contribution is 7.11. The quantitative estimate of drug-likeness (QED) is 0.703. The number of fused-ring (bicyclic) bond motifs is 1. The van der Waals surface area contributed by atoms with Gasteiger partial charge < -0.3 is 9.47 Å². The third-order valence-electron chi connectivity index (χ3n) is 6.37. The van der Waals surface area contributed by atoms with Crippen molar-refractivity contribution in [3.8, 4) is 5.75 Å². The summed E-state index contributed by atoms with van der Waals surface area (Å²) in [6.07, 6.45) is 2.72. The van der Waals surface area contributed by atoms with Gasteiger partial charge in [0, 0.05) is 61.1 Å². The van der Waals surface area contributed by atoms with Crippen molar-refractivity contribution in [1.82, 2.24) is 14.7 Å². The standard InChI is InChI=1S/C24H33N3O2S/c1-2-8-25(7-1)18-22-4-5-23(30-22)19-27-11-14-29-24-6-3-20(15-21(24)17-27)16-26-9-12-28-13-10-26/h3-6,15H,1-2,7-14,16-19H2. The van der Waals surface area contributed by atoms with Crippen molar-refractivity contribution in [2.75, 3.05) is 52.5 Å². The van der Waals surface area contributed by atoms with E-state index < -0.39 is 0 Å². The SMILES string of the molecule is c1cc2c(cc1CN1CCOCC1)CN(Cc1ccc(CN3CCCC3)s1)CCO2. The summed E-state index contributed by atoms with van der Waals surface area (Å²) in [5.41, 5.74) is 2.71. The first-order valence-corrected chi connectivity index (χ1v) is 12.2. The lowest BCUT2D eigenvalue weighted by atomic mass is 10.1. The first kappa shape index (κ1) is 20.5. The molecule has 3 aliphatic rings. The summed E-state index contributed by atoms with van der Waals surface area (Å²) >= 11 is 1.99. The van der Waals surface area contributed by atoms with Crippen molar-refractivity contribution in [2.45, 2.75) is 39.0 Å². The van der Waals surface area contributed by atoms with E-state index in [4.69, 9.17) is 9.47 Å². The van der Waals surface area contributed by atoms with Crippen LogP contribution in [0.3, 0.4) is 0 Å². The summed E-state index contributed by atoms with van der Waals surface area (Å²) in [6.45, 7) is 12.1. The molecule has 2 aromatic rings. The van der Waals surface area contributed by atoms with Gasteiger partial charge in [0.2, 0.25) is 0 Å². The number of ether oxygens (including phenoxy) is 2. The van der Waals surface area contributed by atoms with E-state index in [-0.39, 0.29) is 0 Å². The van der Waals surface area contributed by atoms with Crippen LogP contribution >= 0.6 is 11.3 Å². The van der Waals surface area contributed by atoms with E-state index in [1.54, 1.807) is 0 Å². The zero-order valence-corrected chi connectivity index (χ0v) is 18.7. The van der Waals surface area contributed by atoms with Crippen LogP contribution in [-0.2, 0) is 30.9 Å². The van der Waals surface area contributed by atoms with Crippen LogP contribution in [0.1, 0.15) is 33.7 Å². The first-order chi connectivity index (χ1) is 14.8. The predicted octanol–water partition coefficient (Wildman–Crippen LogP) is 3.57. The summed E-state index contributed by atoms with van der Waals surface area (Å²) in [5, 5.41) is 0. The maximum atomic E-state index is 6.08. The molecule has 0 radical (unpaired) electrons. The van der Waals surface area contributed by atoms with Gasteiger partial charge in [-0.2, -0.15) is 0 Å². The first-order valence-electron chi connectivity index (χ1n) is 11.4. The number of nitrogens with zero attached hydrogens (tertiary/aromatic N) is 3. The molecule has 1 aromatic heterocycles. The molecule has 30 heavy (non-hydrogen) atoms. The fraction of sp³-hybridized carbons (Fsp3) is 0.583. The molecule has 0 spiro atoms. The Morgan fingerprint density at radius 3 is 2.23 bits per heavy atom. The number of benzene rings is 1. The largest absolute Gasteiger partial charge is 0.492 e. The Morgan fingerprint density at radius 2 is 1.43 bits per heavy atom. The Bertz CT molecular complexity index is 828. The Hall–Kier alpha value is -1.44. The molecule has 3 aliphatic heterocycles. The topological polar surface area (TPSA) is 28.2 Å². The van der Waals surface area contributed by atoms with Crippen LogP contribution in [-0.4, -0.2) is 67.2 Å². The fourth-order valence-corrected chi connectivity index (χ4v) is 5.83. The number of thiophene rings is 1. The van der Waals surface area contributed by atoms with E-state index >= 15 is 0 Å². The minimum absolute atomic E-state index is 0.766. The minimum atomic E-state index is 0.766. The van der Waals surface area contributed by atoms with Gasteiger partial charge in [0.15, 0.2) is 0 Å². The van der Waals surface area contributed by atoms with Gasteiger partial charge in [-0.15, -0.1) is 11.3 Å². The van der Waals surface area contributed by atoms with Crippen LogP contribution in [0.15, 0.2) is 30.3 Å². The number of rotatable bonds is 6. The van der Waals surface area contributed by atoms with E-state index in [1.165, 1.54) is 46.8 Å². The molecular formula is C24H33N3O2S. The van der Waals surface area contributed by atoms with E-state index in [1.807, 2.05) is 11.3 Å². The van der Waals surface area contributed by atoms with Crippen LogP contribution in [0.5, 0.6) is 5.75 Å². The lowest BCUT2D eigenvalue weighted by molar-refractivity contribution is 0.0342. The summed E-state index contributed by atoms with van der Waals surface area (Å²) in [6, 6.07) is 11.4. The number of hydrogen-bond donors (Lipinski definition) is 0. The monoisotopic (exact) mass is 427 g/mol. The Kier molecular flexibility index (Phi) is 6.68. The normalized spacial score (nSPS) is 21.3. The molecule has 0 amide bonds. The highest BCUT2D eigenvalue weighted by atomic mass is 32.1. The zero-order chi connectivity index (χ0) is 20.2. The molecule has 6 heteroatoms.